The summed E-state index contributed by atoms with van der Waals surface area (Å²) in [6.45, 7) is 9.41. The standard InChI is InChI=1S/C27H50O4/c1-5-9-12-14-16-18-22-30-26(28)24(20-8-4)25(21-11-7-3)27(29)31-23-19-17-15-13-10-6-2/h5-23H2,1-4H3. The van der Waals surface area contributed by atoms with Crippen LogP contribution < -0.4 is 0 Å². The Morgan fingerprint density at radius 2 is 0.839 bits per heavy atom. The maximum absolute atomic E-state index is 12.8. The Labute approximate surface area is 192 Å². The molecule has 182 valence electrons. The van der Waals surface area contributed by atoms with E-state index in [1.54, 1.807) is 0 Å². The van der Waals surface area contributed by atoms with Gasteiger partial charge in [0.15, 0.2) is 0 Å². The second kappa shape index (κ2) is 21.9. The number of carbonyl (C=O) groups is 2. The van der Waals surface area contributed by atoms with Crippen LogP contribution in [0, 0.1) is 0 Å². The summed E-state index contributed by atoms with van der Waals surface area (Å²) in [4.78, 5) is 25.6. The van der Waals surface area contributed by atoms with Gasteiger partial charge in [0.1, 0.15) is 0 Å². The van der Waals surface area contributed by atoms with Crippen molar-refractivity contribution in [3.05, 3.63) is 11.1 Å². The summed E-state index contributed by atoms with van der Waals surface area (Å²) in [6.07, 6.45) is 17.6. The molecule has 0 N–H and O–H groups in total. The van der Waals surface area contributed by atoms with Gasteiger partial charge in [-0.25, -0.2) is 9.59 Å². The highest BCUT2D eigenvalue weighted by Crippen LogP contribution is 2.21. The van der Waals surface area contributed by atoms with Crippen molar-refractivity contribution >= 4 is 11.9 Å². The van der Waals surface area contributed by atoms with Crippen LogP contribution in [-0.2, 0) is 19.1 Å². The van der Waals surface area contributed by atoms with E-state index in [0.29, 0.717) is 37.2 Å². The molecule has 0 aromatic heterocycles. The summed E-state index contributed by atoms with van der Waals surface area (Å²) in [7, 11) is 0. The average molecular weight is 439 g/mol. The lowest BCUT2D eigenvalue weighted by atomic mass is 9.99. The Hall–Kier alpha value is -1.32. The van der Waals surface area contributed by atoms with Crippen molar-refractivity contribution in [2.45, 2.75) is 137 Å². The maximum atomic E-state index is 12.8. The van der Waals surface area contributed by atoms with Gasteiger partial charge in [0, 0.05) is 11.1 Å². The molecule has 0 fully saturated rings. The molecule has 0 rings (SSSR count). The number of ether oxygens (including phenoxy) is 2. The van der Waals surface area contributed by atoms with E-state index in [-0.39, 0.29) is 11.9 Å². The Morgan fingerprint density at radius 1 is 0.452 bits per heavy atom. The quantitative estimate of drug-likeness (QED) is 0.103. The van der Waals surface area contributed by atoms with Crippen LogP contribution in [0.25, 0.3) is 0 Å². The topological polar surface area (TPSA) is 52.6 Å². The van der Waals surface area contributed by atoms with Gasteiger partial charge in [0.25, 0.3) is 0 Å². The van der Waals surface area contributed by atoms with Crippen molar-refractivity contribution in [1.82, 2.24) is 0 Å². The zero-order valence-corrected chi connectivity index (χ0v) is 21.1. The second-order valence-electron chi connectivity index (χ2n) is 8.62. The van der Waals surface area contributed by atoms with Gasteiger partial charge < -0.3 is 9.47 Å². The molecule has 4 nitrogen and oxygen atoms in total. The van der Waals surface area contributed by atoms with Crippen LogP contribution in [0.5, 0.6) is 0 Å². The lowest BCUT2D eigenvalue weighted by molar-refractivity contribution is -0.142. The van der Waals surface area contributed by atoms with Gasteiger partial charge in [-0.2, -0.15) is 0 Å². The Balaban J connectivity index is 4.75. The van der Waals surface area contributed by atoms with Gasteiger partial charge in [-0.05, 0) is 32.1 Å². The molecule has 0 saturated carbocycles. The van der Waals surface area contributed by atoms with E-state index in [4.69, 9.17) is 9.47 Å². The second-order valence-corrected chi connectivity index (χ2v) is 8.62. The normalized spacial score (nSPS) is 11.9. The maximum Gasteiger partial charge on any atom is 0.334 e. The molecule has 0 unspecified atom stereocenters. The predicted octanol–water partition coefficient (Wildman–Crippen LogP) is 8.08. The highest BCUT2D eigenvalue weighted by Gasteiger charge is 2.22. The molecule has 0 aromatic carbocycles. The third-order valence-corrected chi connectivity index (χ3v) is 5.60. The van der Waals surface area contributed by atoms with E-state index in [9.17, 15) is 9.59 Å². The van der Waals surface area contributed by atoms with Crippen molar-refractivity contribution in [2.24, 2.45) is 0 Å². The molecule has 0 saturated heterocycles. The van der Waals surface area contributed by atoms with E-state index < -0.39 is 0 Å². The van der Waals surface area contributed by atoms with Crippen LogP contribution in [0.2, 0.25) is 0 Å². The largest absolute Gasteiger partial charge is 0.462 e. The summed E-state index contributed by atoms with van der Waals surface area (Å²) < 4.78 is 11.1. The fraction of sp³-hybridized carbons (Fsp3) is 0.852. The zero-order valence-electron chi connectivity index (χ0n) is 21.1. The molecule has 0 spiro atoms. The number of esters is 2. The number of hydrogen-bond donors (Lipinski definition) is 0. The van der Waals surface area contributed by atoms with Crippen molar-refractivity contribution in [3.8, 4) is 0 Å². The lowest BCUT2D eigenvalue weighted by Gasteiger charge is -2.14. The number of unbranched alkanes of at least 4 members (excludes halogenated alkanes) is 11. The monoisotopic (exact) mass is 438 g/mol. The molecular formula is C27H50O4. The van der Waals surface area contributed by atoms with Crippen LogP contribution in [-0.4, -0.2) is 25.2 Å². The predicted molar refractivity (Wildman–Crippen MR) is 130 cm³/mol. The van der Waals surface area contributed by atoms with Crippen LogP contribution in [0.1, 0.15) is 137 Å². The molecule has 31 heavy (non-hydrogen) atoms. The Kier molecular flexibility index (Phi) is 21.0. The lowest BCUT2D eigenvalue weighted by Crippen LogP contribution is -2.18. The first-order chi connectivity index (χ1) is 15.1. The Morgan fingerprint density at radius 3 is 1.26 bits per heavy atom. The minimum Gasteiger partial charge on any atom is -0.462 e. The highest BCUT2D eigenvalue weighted by molar-refractivity contribution is 6.00. The molecule has 0 radical (unpaired) electrons. The van der Waals surface area contributed by atoms with Crippen LogP contribution >= 0.6 is 0 Å². The average Bonchev–Trinajstić information content (AvgIpc) is 2.77. The molecule has 0 aromatic rings. The van der Waals surface area contributed by atoms with Crippen LogP contribution in [0.4, 0.5) is 0 Å². The number of hydrogen-bond acceptors (Lipinski definition) is 4. The summed E-state index contributed by atoms with van der Waals surface area (Å²) in [5, 5.41) is 0. The van der Waals surface area contributed by atoms with Gasteiger partial charge in [0.2, 0.25) is 0 Å². The number of carbonyl (C=O) groups excluding carboxylic acids is 2. The summed E-state index contributed by atoms with van der Waals surface area (Å²) in [6, 6.07) is 0. The molecule has 0 aliphatic rings. The zero-order chi connectivity index (χ0) is 23.2. The fourth-order valence-electron chi connectivity index (χ4n) is 3.62. The van der Waals surface area contributed by atoms with Gasteiger partial charge >= 0.3 is 11.9 Å². The molecule has 4 heteroatoms. The molecule has 0 aliphatic heterocycles. The van der Waals surface area contributed by atoms with Crippen molar-refractivity contribution in [1.29, 1.82) is 0 Å². The summed E-state index contributed by atoms with van der Waals surface area (Å²) >= 11 is 0. The molecule has 0 bridgehead atoms. The van der Waals surface area contributed by atoms with Gasteiger partial charge in [-0.15, -0.1) is 0 Å². The Bertz CT molecular complexity index is 482. The van der Waals surface area contributed by atoms with Crippen LogP contribution in [0.15, 0.2) is 11.1 Å². The molecule has 0 atom stereocenters. The van der Waals surface area contributed by atoms with Gasteiger partial charge in [0.05, 0.1) is 13.2 Å². The molecule has 0 amide bonds. The minimum absolute atomic E-state index is 0.318. The SMILES string of the molecule is CCCCCCCCOC(=O)C(CCC)=C(CCCC)C(=O)OCCCCCCCC. The van der Waals surface area contributed by atoms with E-state index in [2.05, 4.69) is 20.8 Å². The third kappa shape index (κ3) is 16.0. The van der Waals surface area contributed by atoms with E-state index >= 15 is 0 Å². The molecule has 0 heterocycles. The van der Waals surface area contributed by atoms with Crippen molar-refractivity contribution in [2.75, 3.05) is 13.2 Å². The highest BCUT2D eigenvalue weighted by atomic mass is 16.5. The molecular weight excluding hydrogens is 388 g/mol. The first-order valence-electron chi connectivity index (χ1n) is 13.2. The third-order valence-electron chi connectivity index (χ3n) is 5.60. The van der Waals surface area contributed by atoms with E-state index in [0.717, 1.165) is 44.9 Å². The summed E-state index contributed by atoms with van der Waals surface area (Å²) in [5.41, 5.74) is 1.08. The van der Waals surface area contributed by atoms with Gasteiger partial charge in [-0.1, -0.05) is 105 Å². The minimum atomic E-state index is -0.321. The smallest absolute Gasteiger partial charge is 0.334 e. The number of rotatable bonds is 21. The summed E-state index contributed by atoms with van der Waals surface area (Å²) in [5.74, 6) is -0.639. The first-order valence-corrected chi connectivity index (χ1v) is 13.2. The first kappa shape index (κ1) is 29.7. The molecule has 0 aliphatic carbocycles. The van der Waals surface area contributed by atoms with Crippen molar-refractivity contribution in [3.63, 3.8) is 0 Å². The fourth-order valence-corrected chi connectivity index (χ4v) is 3.62. The van der Waals surface area contributed by atoms with Crippen molar-refractivity contribution < 1.29 is 19.1 Å². The van der Waals surface area contributed by atoms with Gasteiger partial charge in [-0.3, -0.25) is 0 Å². The van der Waals surface area contributed by atoms with Crippen LogP contribution in [0.3, 0.4) is 0 Å². The van der Waals surface area contributed by atoms with E-state index in [1.807, 2.05) is 6.92 Å². The van der Waals surface area contributed by atoms with E-state index in [1.165, 1.54) is 51.4 Å².